The highest BCUT2D eigenvalue weighted by molar-refractivity contribution is 7.99. The molecule has 72 valence electrons. The van der Waals surface area contributed by atoms with Crippen molar-refractivity contribution < 1.29 is 0 Å². The van der Waals surface area contributed by atoms with Gasteiger partial charge < -0.3 is 10.7 Å². The van der Waals surface area contributed by atoms with Gasteiger partial charge in [-0.05, 0) is 13.8 Å². The van der Waals surface area contributed by atoms with Gasteiger partial charge in [0.15, 0.2) is 5.16 Å². The van der Waals surface area contributed by atoms with E-state index < -0.39 is 0 Å². The smallest absolute Gasteiger partial charge is 0.254 e. The fourth-order valence-corrected chi connectivity index (χ4v) is 1.52. The van der Waals surface area contributed by atoms with E-state index in [2.05, 4.69) is 9.97 Å². The van der Waals surface area contributed by atoms with Gasteiger partial charge >= 0.3 is 0 Å². The first-order valence-corrected chi connectivity index (χ1v) is 5.04. The van der Waals surface area contributed by atoms with E-state index in [4.69, 9.17) is 5.73 Å². The molecule has 0 fully saturated rings. The highest BCUT2D eigenvalue weighted by Gasteiger charge is 2.02. The Morgan fingerprint density at radius 3 is 2.77 bits per heavy atom. The normalized spacial score (nSPS) is 10.4. The second-order valence-electron chi connectivity index (χ2n) is 2.72. The van der Waals surface area contributed by atoms with Crippen molar-refractivity contribution in [1.82, 2.24) is 9.97 Å². The molecule has 0 aromatic carbocycles. The number of nitrogens with one attached hydrogen (secondary N) is 1. The maximum atomic E-state index is 11.3. The molecular weight excluding hydrogens is 186 g/mol. The lowest BCUT2D eigenvalue weighted by Crippen LogP contribution is -2.14. The number of aromatic nitrogens is 2. The average Bonchev–Trinajstić information content (AvgIpc) is 2.10. The molecular formula is C8H13N3OS. The molecule has 0 radical (unpaired) electrons. The first kappa shape index (κ1) is 10.3. The van der Waals surface area contributed by atoms with Crippen LogP contribution in [-0.4, -0.2) is 22.3 Å². The van der Waals surface area contributed by atoms with Crippen LogP contribution in [0.1, 0.15) is 11.3 Å². The van der Waals surface area contributed by atoms with Gasteiger partial charge in [0.2, 0.25) is 0 Å². The molecule has 0 bridgehead atoms. The van der Waals surface area contributed by atoms with Crippen LogP contribution < -0.4 is 11.3 Å². The molecule has 0 aliphatic heterocycles. The van der Waals surface area contributed by atoms with Crippen LogP contribution >= 0.6 is 11.8 Å². The summed E-state index contributed by atoms with van der Waals surface area (Å²) >= 11 is 1.47. The Hall–Kier alpha value is -0.810. The molecule has 0 unspecified atom stereocenters. The molecule has 0 aliphatic carbocycles. The largest absolute Gasteiger partial charge is 0.330 e. The molecule has 3 N–H and O–H groups in total. The van der Waals surface area contributed by atoms with Crippen molar-refractivity contribution in [3.05, 3.63) is 21.6 Å². The van der Waals surface area contributed by atoms with Crippen molar-refractivity contribution in [2.24, 2.45) is 5.73 Å². The zero-order valence-corrected chi connectivity index (χ0v) is 8.57. The minimum Gasteiger partial charge on any atom is -0.330 e. The summed E-state index contributed by atoms with van der Waals surface area (Å²) in [6.07, 6.45) is 0. The lowest BCUT2D eigenvalue weighted by Gasteiger charge is -2.02. The first-order valence-electron chi connectivity index (χ1n) is 4.05. The summed E-state index contributed by atoms with van der Waals surface area (Å²) in [4.78, 5) is 18.2. The molecule has 4 nitrogen and oxygen atoms in total. The van der Waals surface area contributed by atoms with E-state index in [1.54, 1.807) is 6.92 Å². The third kappa shape index (κ3) is 2.57. The molecule has 0 saturated carbocycles. The highest BCUT2D eigenvalue weighted by atomic mass is 32.2. The number of hydrogen-bond acceptors (Lipinski definition) is 4. The zero-order chi connectivity index (χ0) is 9.84. The van der Waals surface area contributed by atoms with E-state index in [-0.39, 0.29) is 5.56 Å². The van der Waals surface area contributed by atoms with Crippen LogP contribution in [0.4, 0.5) is 0 Å². The summed E-state index contributed by atoms with van der Waals surface area (Å²) in [6.45, 7) is 4.18. The number of hydrogen-bond donors (Lipinski definition) is 2. The van der Waals surface area contributed by atoms with Crippen molar-refractivity contribution >= 4 is 11.8 Å². The Labute approximate surface area is 81.0 Å². The lowest BCUT2D eigenvalue weighted by molar-refractivity contribution is 0.883. The standard InChI is InChI=1S/C8H13N3OS/c1-5-6(2)10-8(11-7(5)12)13-4-3-9/h3-4,9H2,1-2H3,(H,10,11,12). The van der Waals surface area contributed by atoms with Gasteiger partial charge in [-0.3, -0.25) is 4.79 Å². The molecule has 1 rings (SSSR count). The predicted molar refractivity (Wildman–Crippen MR) is 54.1 cm³/mol. The Balaban J connectivity index is 2.93. The van der Waals surface area contributed by atoms with Gasteiger partial charge in [0, 0.05) is 23.6 Å². The SMILES string of the molecule is Cc1nc(SCCN)[nH]c(=O)c1C. The number of nitrogens with two attached hydrogens (primary N) is 1. The number of H-pyrrole nitrogens is 1. The third-order valence-corrected chi connectivity index (χ3v) is 2.64. The Kier molecular flexibility index (Phi) is 3.50. The predicted octanol–water partition coefficient (Wildman–Crippen LogP) is 0.438. The van der Waals surface area contributed by atoms with Crippen molar-refractivity contribution in [2.75, 3.05) is 12.3 Å². The second-order valence-corrected chi connectivity index (χ2v) is 3.80. The molecule has 0 spiro atoms. The maximum Gasteiger partial charge on any atom is 0.254 e. The van der Waals surface area contributed by atoms with E-state index in [1.165, 1.54) is 11.8 Å². The zero-order valence-electron chi connectivity index (χ0n) is 7.76. The maximum absolute atomic E-state index is 11.3. The van der Waals surface area contributed by atoms with Gasteiger partial charge in [0.25, 0.3) is 5.56 Å². The lowest BCUT2D eigenvalue weighted by atomic mass is 10.3. The van der Waals surface area contributed by atoms with Crippen LogP contribution in [0.5, 0.6) is 0 Å². The number of aromatic amines is 1. The van der Waals surface area contributed by atoms with E-state index in [0.717, 1.165) is 11.4 Å². The van der Waals surface area contributed by atoms with E-state index in [9.17, 15) is 4.79 Å². The molecule has 0 atom stereocenters. The van der Waals surface area contributed by atoms with Gasteiger partial charge in [-0.2, -0.15) is 0 Å². The number of aryl methyl sites for hydroxylation is 1. The first-order chi connectivity index (χ1) is 6.15. The van der Waals surface area contributed by atoms with Crippen molar-refractivity contribution in [1.29, 1.82) is 0 Å². The molecule has 0 aliphatic rings. The van der Waals surface area contributed by atoms with Crippen molar-refractivity contribution in [2.45, 2.75) is 19.0 Å². The minimum atomic E-state index is -0.0629. The molecule has 13 heavy (non-hydrogen) atoms. The van der Waals surface area contributed by atoms with Gasteiger partial charge in [-0.15, -0.1) is 0 Å². The number of nitrogens with zero attached hydrogens (tertiary/aromatic N) is 1. The van der Waals surface area contributed by atoms with E-state index >= 15 is 0 Å². The monoisotopic (exact) mass is 199 g/mol. The Bertz CT molecular complexity index is 348. The fourth-order valence-electron chi connectivity index (χ4n) is 0.843. The summed E-state index contributed by atoms with van der Waals surface area (Å²) < 4.78 is 0. The van der Waals surface area contributed by atoms with Crippen molar-refractivity contribution in [3.63, 3.8) is 0 Å². The van der Waals surface area contributed by atoms with Crippen LogP contribution in [0.25, 0.3) is 0 Å². The summed E-state index contributed by atoms with van der Waals surface area (Å²) in [5, 5.41) is 0.651. The highest BCUT2D eigenvalue weighted by Crippen LogP contribution is 2.10. The van der Waals surface area contributed by atoms with E-state index in [0.29, 0.717) is 17.3 Å². The molecule has 0 amide bonds. The molecule has 5 heteroatoms. The summed E-state index contributed by atoms with van der Waals surface area (Å²) in [5.41, 5.74) is 6.74. The third-order valence-electron chi connectivity index (χ3n) is 1.73. The Morgan fingerprint density at radius 2 is 2.23 bits per heavy atom. The molecule has 1 aromatic heterocycles. The summed E-state index contributed by atoms with van der Waals surface area (Å²) in [5.74, 6) is 0.769. The summed E-state index contributed by atoms with van der Waals surface area (Å²) in [7, 11) is 0. The average molecular weight is 199 g/mol. The molecule has 1 heterocycles. The second kappa shape index (κ2) is 4.43. The minimum absolute atomic E-state index is 0.0629. The number of thioether (sulfide) groups is 1. The Morgan fingerprint density at radius 1 is 1.54 bits per heavy atom. The van der Waals surface area contributed by atoms with Crippen molar-refractivity contribution in [3.8, 4) is 0 Å². The van der Waals surface area contributed by atoms with Gasteiger partial charge in [-0.1, -0.05) is 11.8 Å². The summed E-state index contributed by atoms with van der Waals surface area (Å²) in [6, 6.07) is 0. The van der Waals surface area contributed by atoms with Crippen LogP contribution in [0.15, 0.2) is 9.95 Å². The van der Waals surface area contributed by atoms with Crippen LogP contribution in [-0.2, 0) is 0 Å². The molecule has 1 aromatic rings. The van der Waals surface area contributed by atoms with Gasteiger partial charge in [-0.25, -0.2) is 4.98 Å². The van der Waals surface area contributed by atoms with Gasteiger partial charge in [0.05, 0.1) is 0 Å². The van der Waals surface area contributed by atoms with Crippen LogP contribution in [0.2, 0.25) is 0 Å². The molecule has 0 saturated heterocycles. The fraction of sp³-hybridized carbons (Fsp3) is 0.500. The van der Waals surface area contributed by atoms with E-state index in [1.807, 2.05) is 6.92 Å². The van der Waals surface area contributed by atoms with Gasteiger partial charge in [0.1, 0.15) is 0 Å². The van der Waals surface area contributed by atoms with Crippen LogP contribution in [0.3, 0.4) is 0 Å². The quantitative estimate of drug-likeness (QED) is 0.547. The van der Waals surface area contributed by atoms with Crippen LogP contribution in [0, 0.1) is 13.8 Å². The number of rotatable bonds is 3. The topological polar surface area (TPSA) is 71.8 Å².